The number of ether oxygens (including phenoxy) is 5. The summed E-state index contributed by atoms with van der Waals surface area (Å²) in [5.41, 5.74) is -0.652. The summed E-state index contributed by atoms with van der Waals surface area (Å²) >= 11 is 3.34. The molecule has 1 amide bonds. The molecule has 1 heterocycles. The van der Waals surface area contributed by atoms with Gasteiger partial charge in [-0.15, -0.1) is 0 Å². The Bertz CT molecular complexity index is 1300. The maximum absolute atomic E-state index is 12.9. The SMILES string of the molecule is COCCCNC(=O)c1cc2ccc(OC(=O)c3cc(OC)c(OC)c(OC)c3Br)cc2oc1=O. The number of fused-ring (bicyclic) bond motifs is 1. The van der Waals surface area contributed by atoms with Crippen molar-refractivity contribution in [1.29, 1.82) is 0 Å². The third kappa shape index (κ3) is 5.75. The van der Waals surface area contributed by atoms with E-state index in [1.807, 2.05) is 0 Å². The van der Waals surface area contributed by atoms with Crippen molar-refractivity contribution in [3.8, 4) is 23.0 Å². The van der Waals surface area contributed by atoms with E-state index in [1.165, 1.54) is 45.6 Å². The molecule has 0 spiro atoms. The van der Waals surface area contributed by atoms with E-state index in [4.69, 9.17) is 28.1 Å². The molecule has 35 heavy (non-hydrogen) atoms. The van der Waals surface area contributed by atoms with Crippen LogP contribution in [0.2, 0.25) is 0 Å². The first-order valence-corrected chi connectivity index (χ1v) is 11.2. The summed E-state index contributed by atoms with van der Waals surface area (Å²) in [7, 11) is 5.87. The van der Waals surface area contributed by atoms with Crippen molar-refractivity contribution in [3.63, 3.8) is 0 Å². The van der Waals surface area contributed by atoms with E-state index in [2.05, 4.69) is 21.2 Å². The molecule has 0 bridgehead atoms. The van der Waals surface area contributed by atoms with Crippen LogP contribution in [0.25, 0.3) is 11.0 Å². The van der Waals surface area contributed by atoms with Crippen LogP contribution >= 0.6 is 15.9 Å². The fourth-order valence-electron chi connectivity index (χ4n) is 3.26. The summed E-state index contributed by atoms with van der Waals surface area (Å²) < 4.78 is 32.0. The van der Waals surface area contributed by atoms with E-state index >= 15 is 0 Å². The van der Waals surface area contributed by atoms with Crippen molar-refractivity contribution >= 4 is 38.8 Å². The first-order chi connectivity index (χ1) is 16.8. The fraction of sp³-hybridized carbons (Fsp3) is 0.292. The highest BCUT2D eigenvalue weighted by molar-refractivity contribution is 9.10. The van der Waals surface area contributed by atoms with Gasteiger partial charge in [0.05, 0.1) is 31.4 Å². The number of hydrogen-bond donors (Lipinski definition) is 1. The molecule has 0 atom stereocenters. The molecule has 186 valence electrons. The molecule has 1 N–H and O–H groups in total. The second kappa shape index (κ2) is 11.7. The van der Waals surface area contributed by atoms with Crippen molar-refractivity contribution in [2.75, 3.05) is 41.6 Å². The molecule has 0 aliphatic rings. The fourth-order valence-corrected chi connectivity index (χ4v) is 3.88. The highest BCUT2D eigenvalue weighted by atomic mass is 79.9. The van der Waals surface area contributed by atoms with Gasteiger partial charge in [0.2, 0.25) is 5.75 Å². The van der Waals surface area contributed by atoms with Gasteiger partial charge in [0.25, 0.3) is 5.91 Å². The van der Waals surface area contributed by atoms with Crippen LogP contribution in [0, 0.1) is 0 Å². The number of halogens is 1. The lowest BCUT2D eigenvalue weighted by Gasteiger charge is -2.16. The smallest absolute Gasteiger partial charge is 0.349 e. The lowest BCUT2D eigenvalue weighted by molar-refractivity contribution is 0.0732. The molecule has 2 aromatic carbocycles. The molecule has 0 saturated carbocycles. The zero-order valence-corrected chi connectivity index (χ0v) is 21.1. The molecule has 0 radical (unpaired) electrons. The molecule has 1 aromatic heterocycles. The van der Waals surface area contributed by atoms with Crippen LogP contribution in [0.3, 0.4) is 0 Å². The Morgan fingerprint density at radius 2 is 1.71 bits per heavy atom. The first kappa shape index (κ1) is 26.0. The van der Waals surface area contributed by atoms with Crippen LogP contribution in [0.5, 0.6) is 23.0 Å². The summed E-state index contributed by atoms with van der Waals surface area (Å²) in [4.78, 5) is 37.6. The number of nitrogens with one attached hydrogen (secondary N) is 1. The van der Waals surface area contributed by atoms with Gasteiger partial charge in [-0.05, 0) is 46.6 Å². The van der Waals surface area contributed by atoms with Crippen LogP contribution in [-0.2, 0) is 4.74 Å². The van der Waals surface area contributed by atoms with E-state index < -0.39 is 17.5 Å². The van der Waals surface area contributed by atoms with Gasteiger partial charge in [0, 0.05) is 31.7 Å². The van der Waals surface area contributed by atoms with Gasteiger partial charge in [-0.1, -0.05) is 0 Å². The molecule has 0 fully saturated rings. The molecule has 11 heteroatoms. The maximum atomic E-state index is 12.9. The third-order valence-corrected chi connectivity index (χ3v) is 5.75. The Kier molecular flexibility index (Phi) is 8.72. The van der Waals surface area contributed by atoms with Gasteiger partial charge in [0.1, 0.15) is 16.9 Å². The standard InChI is InChI=1S/C24H24BrNO9/c1-30-9-5-8-26-22(27)16-10-13-6-7-14(11-17(13)35-24(16)29)34-23(28)15-12-18(31-2)20(32-3)21(33-4)19(15)25/h6-7,10-12H,5,8-9H2,1-4H3,(H,26,27). The molecular formula is C24H24BrNO9. The minimum absolute atomic E-state index is 0.124. The van der Waals surface area contributed by atoms with Crippen LogP contribution in [0.15, 0.2) is 44.0 Å². The monoisotopic (exact) mass is 549 g/mol. The molecule has 0 saturated heterocycles. The van der Waals surface area contributed by atoms with Crippen molar-refractivity contribution in [1.82, 2.24) is 5.32 Å². The van der Waals surface area contributed by atoms with E-state index in [-0.39, 0.29) is 34.0 Å². The Morgan fingerprint density at radius 1 is 0.971 bits per heavy atom. The Hall–Kier alpha value is -3.57. The minimum atomic E-state index is -0.808. The summed E-state index contributed by atoms with van der Waals surface area (Å²) in [6.45, 7) is 0.844. The molecule has 3 aromatic rings. The van der Waals surface area contributed by atoms with Crippen molar-refractivity contribution < 1.29 is 37.7 Å². The third-order valence-electron chi connectivity index (χ3n) is 4.96. The predicted molar refractivity (Wildman–Crippen MR) is 130 cm³/mol. The highest BCUT2D eigenvalue weighted by Gasteiger charge is 2.24. The van der Waals surface area contributed by atoms with Crippen molar-refractivity contribution in [2.24, 2.45) is 0 Å². The molecule has 0 unspecified atom stereocenters. The molecule has 0 aliphatic heterocycles. The highest BCUT2D eigenvalue weighted by Crippen LogP contribution is 2.45. The molecule has 3 rings (SSSR count). The number of esters is 1. The van der Waals surface area contributed by atoms with Gasteiger partial charge in [-0.3, -0.25) is 4.79 Å². The maximum Gasteiger partial charge on any atom is 0.349 e. The number of methoxy groups -OCH3 is 4. The molecule has 0 aliphatic carbocycles. The second-order valence-corrected chi connectivity index (χ2v) is 7.94. The summed E-state index contributed by atoms with van der Waals surface area (Å²) in [6, 6.07) is 7.36. The minimum Gasteiger partial charge on any atom is -0.493 e. The van der Waals surface area contributed by atoms with Gasteiger partial charge in [-0.2, -0.15) is 0 Å². The van der Waals surface area contributed by atoms with Crippen LogP contribution < -0.4 is 29.9 Å². The van der Waals surface area contributed by atoms with Gasteiger partial charge in [0.15, 0.2) is 11.5 Å². The summed E-state index contributed by atoms with van der Waals surface area (Å²) in [5.74, 6) is -0.287. The Balaban J connectivity index is 1.86. The predicted octanol–water partition coefficient (Wildman–Crippen LogP) is 3.57. The lowest BCUT2D eigenvalue weighted by atomic mass is 10.1. The van der Waals surface area contributed by atoms with E-state index in [0.717, 1.165) is 0 Å². The quantitative estimate of drug-likeness (QED) is 0.175. The zero-order valence-electron chi connectivity index (χ0n) is 19.6. The zero-order chi connectivity index (χ0) is 25.5. The number of hydrogen-bond acceptors (Lipinski definition) is 9. The summed E-state index contributed by atoms with van der Waals surface area (Å²) in [6.07, 6.45) is 0.609. The average molecular weight is 550 g/mol. The Morgan fingerprint density at radius 3 is 2.37 bits per heavy atom. The van der Waals surface area contributed by atoms with Gasteiger partial charge < -0.3 is 33.4 Å². The van der Waals surface area contributed by atoms with Gasteiger partial charge in [-0.25, -0.2) is 9.59 Å². The first-order valence-electron chi connectivity index (χ1n) is 10.4. The van der Waals surface area contributed by atoms with E-state index in [1.54, 1.807) is 13.2 Å². The second-order valence-electron chi connectivity index (χ2n) is 7.15. The number of benzene rings is 2. The topological polar surface area (TPSA) is 123 Å². The van der Waals surface area contributed by atoms with E-state index in [9.17, 15) is 14.4 Å². The largest absolute Gasteiger partial charge is 0.493 e. The number of amides is 1. The number of rotatable bonds is 10. The van der Waals surface area contributed by atoms with Crippen LogP contribution in [0.1, 0.15) is 27.1 Å². The normalized spacial score (nSPS) is 10.7. The van der Waals surface area contributed by atoms with Crippen LogP contribution in [0.4, 0.5) is 0 Å². The van der Waals surface area contributed by atoms with E-state index in [0.29, 0.717) is 35.2 Å². The number of carbonyl (C=O) groups is 2. The van der Waals surface area contributed by atoms with Crippen molar-refractivity contribution in [2.45, 2.75) is 6.42 Å². The summed E-state index contributed by atoms with van der Waals surface area (Å²) in [5, 5.41) is 3.13. The average Bonchev–Trinajstić information content (AvgIpc) is 2.85. The number of carbonyl (C=O) groups excluding carboxylic acids is 2. The Labute approximate surface area is 209 Å². The molecular weight excluding hydrogens is 526 g/mol. The van der Waals surface area contributed by atoms with Gasteiger partial charge >= 0.3 is 11.6 Å². The molecule has 10 nitrogen and oxygen atoms in total. The van der Waals surface area contributed by atoms with Crippen molar-refractivity contribution in [3.05, 3.63) is 56.4 Å². The van der Waals surface area contributed by atoms with Crippen LogP contribution in [-0.4, -0.2) is 53.5 Å². The lowest BCUT2D eigenvalue weighted by Crippen LogP contribution is -2.29.